The lowest BCUT2D eigenvalue weighted by atomic mass is 10.6. The molecule has 0 radical (unpaired) electrons. The summed E-state index contributed by atoms with van der Waals surface area (Å²) in [5.41, 5.74) is -2.79. The molecule has 1 heterocycles. The van der Waals surface area contributed by atoms with Crippen molar-refractivity contribution in [1.29, 1.82) is 0 Å². The van der Waals surface area contributed by atoms with E-state index in [9.17, 15) is 14.4 Å². The van der Waals surface area contributed by atoms with E-state index in [4.69, 9.17) is 0 Å². The third kappa shape index (κ3) is 0.661. The van der Waals surface area contributed by atoms with Crippen molar-refractivity contribution < 1.29 is 0 Å². The summed E-state index contributed by atoms with van der Waals surface area (Å²) in [6.45, 7) is 0. The van der Waals surface area contributed by atoms with Crippen molar-refractivity contribution in [3.63, 3.8) is 0 Å². The molecule has 10 heavy (non-hydrogen) atoms. The highest BCUT2D eigenvalue weighted by Gasteiger charge is 2.02. The summed E-state index contributed by atoms with van der Waals surface area (Å²) in [6.07, 6.45) is 0. The van der Waals surface area contributed by atoms with Crippen LogP contribution in [0, 0.1) is 0 Å². The Kier molecular flexibility index (Phi) is 1.22. The van der Waals surface area contributed by atoms with Gasteiger partial charge < -0.3 is 5.84 Å². The Morgan fingerprint density at radius 2 is 1.80 bits per heavy atom. The molecular weight excluding hydrogens is 138 g/mol. The van der Waals surface area contributed by atoms with Crippen molar-refractivity contribution in [3.8, 4) is 0 Å². The van der Waals surface area contributed by atoms with Gasteiger partial charge >= 0.3 is 5.56 Å². The molecule has 0 aliphatic carbocycles. The Labute approximate surface area is 53.3 Å². The van der Waals surface area contributed by atoms with Gasteiger partial charge in [0.1, 0.15) is 0 Å². The molecule has 0 aromatic carbocycles. The highest BCUT2D eigenvalue weighted by molar-refractivity contribution is 4.90. The molecule has 0 atom stereocenters. The highest BCUT2D eigenvalue weighted by atomic mass is 16.2. The zero-order valence-corrected chi connectivity index (χ0v) is 4.75. The second kappa shape index (κ2) is 1.90. The number of nitrogens with two attached hydrogens (primary N) is 1. The van der Waals surface area contributed by atoms with E-state index in [1.54, 1.807) is 4.98 Å². The molecule has 0 aliphatic rings. The Morgan fingerprint density at radius 1 is 1.20 bits per heavy atom. The maximum Gasteiger partial charge on any atom is 0.301 e. The lowest BCUT2D eigenvalue weighted by Gasteiger charge is -1.62. The molecule has 6 heteroatoms. The van der Waals surface area contributed by atoms with Crippen LogP contribution in [-0.4, -0.2) is 4.98 Å². The van der Waals surface area contributed by atoms with Crippen molar-refractivity contribution in [1.82, 2.24) is 4.98 Å². The predicted octanol–water partition coefficient (Wildman–Crippen LogP) is -3.25. The molecule has 0 saturated heterocycles. The van der Waals surface area contributed by atoms with Gasteiger partial charge in [0.15, 0.2) is 0 Å². The Bertz CT molecular complexity index is 434. The molecule has 0 saturated carbocycles. The Balaban J connectivity index is 4.04. The van der Waals surface area contributed by atoms with Crippen molar-refractivity contribution in [2.24, 2.45) is 10.9 Å². The first-order valence-electron chi connectivity index (χ1n) is 2.34. The monoisotopic (exact) mass is 141 g/mol. The number of aromatic nitrogens is 1. The number of nitrogens with zero attached hydrogens (tertiary/aromatic N) is 1. The van der Waals surface area contributed by atoms with Crippen LogP contribution in [0.5, 0.6) is 0 Å². The predicted molar refractivity (Wildman–Crippen MR) is 31.7 cm³/mol. The van der Waals surface area contributed by atoms with E-state index in [0.29, 0.717) is 0 Å². The minimum Gasteiger partial charge on any atom is -0.322 e. The van der Waals surface area contributed by atoms with Crippen molar-refractivity contribution in [2.75, 3.05) is 0 Å². The zero-order chi connectivity index (χ0) is 7.72. The average Bonchev–Trinajstić information content (AvgIpc) is 2.09. The van der Waals surface area contributed by atoms with Gasteiger partial charge in [-0.2, -0.15) is 5.10 Å². The molecule has 1 aromatic heterocycles. The van der Waals surface area contributed by atoms with E-state index in [2.05, 4.69) is 10.9 Å². The van der Waals surface area contributed by atoms with Gasteiger partial charge in [-0.25, -0.2) is 0 Å². The molecule has 0 fully saturated rings. The fourth-order valence-electron chi connectivity index (χ4n) is 0.547. The second-order valence-corrected chi connectivity index (χ2v) is 1.59. The Hall–Kier alpha value is -1.72. The normalized spacial score (nSPS) is 12.2. The van der Waals surface area contributed by atoms with E-state index in [1.807, 2.05) is 0 Å². The standard InChI is InChI=1S/C4H3N3O3/c5-7-1-2(8)4(10)6-3(1)9/h5H2,(H,6,9,10)/b7-1-. The first-order valence-corrected chi connectivity index (χ1v) is 2.34. The molecule has 0 unspecified atom stereocenters. The summed E-state index contributed by atoms with van der Waals surface area (Å²) in [7, 11) is 0. The number of nitrogens with one attached hydrogen (secondary N) is 1. The van der Waals surface area contributed by atoms with E-state index in [-0.39, 0.29) is 0 Å². The highest BCUT2D eigenvalue weighted by Crippen LogP contribution is 1.33. The number of hydrogen-bond donors (Lipinski definition) is 2. The van der Waals surface area contributed by atoms with Gasteiger partial charge in [0.25, 0.3) is 11.0 Å². The summed E-state index contributed by atoms with van der Waals surface area (Å²) >= 11 is 0. The van der Waals surface area contributed by atoms with Gasteiger partial charge in [-0.15, -0.1) is 0 Å². The first kappa shape index (κ1) is 6.40. The van der Waals surface area contributed by atoms with Gasteiger partial charge in [0.05, 0.1) is 0 Å². The molecule has 0 aliphatic heterocycles. The molecule has 1 rings (SSSR count). The fourth-order valence-corrected chi connectivity index (χ4v) is 0.547. The zero-order valence-electron chi connectivity index (χ0n) is 4.75. The quantitative estimate of drug-likeness (QED) is 0.225. The lowest BCUT2D eigenvalue weighted by molar-refractivity contribution is 1.10. The van der Waals surface area contributed by atoms with Gasteiger partial charge in [0, 0.05) is 0 Å². The van der Waals surface area contributed by atoms with Crippen LogP contribution >= 0.6 is 0 Å². The summed E-state index contributed by atoms with van der Waals surface area (Å²) < 4.78 is 0. The average molecular weight is 141 g/mol. The van der Waals surface area contributed by atoms with Crippen LogP contribution in [0.4, 0.5) is 0 Å². The molecule has 6 nitrogen and oxygen atoms in total. The van der Waals surface area contributed by atoms with Crippen LogP contribution in [-0.2, 0) is 0 Å². The molecule has 0 spiro atoms. The maximum absolute atomic E-state index is 10.5. The summed E-state index contributed by atoms with van der Waals surface area (Å²) in [6, 6.07) is 0. The largest absolute Gasteiger partial charge is 0.322 e. The van der Waals surface area contributed by atoms with Gasteiger partial charge in [-0.1, -0.05) is 0 Å². The summed E-state index contributed by atoms with van der Waals surface area (Å²) in [5.74, 6) is 4.63. The summed E-state index contributed by atoms with van der Waals surface area (Å²) in [4.78, 5) is 33.0. The van der Waals surface area contributed by atoms with Crippen molar-refractivity contribution >= 4 is 0 Å². The first-order chi connectivity index (χ1) is 4.66. The van der Waals surface area contributed by atoms with E-state index < -0.39 is 21.9 Å². The smallest absolute Gasteiger partial charge is 0.301 e. The maximum atomic E-state index is 10.5. The topological polar surface area (TPSA) is 105 Å². The number of hydrogen-bond acceptors (Lipinski definition) is 5. The number of aromatic amines is 1. The third-order valence-corrected chi connectivity index (χ3v) is 0.993. The van der Waals surface area contributed by atoms with Gasteiger partial charge in [0.2, 0.25) is 5.36 Å². The van der Waals surface area contributed by atoms with E-state index in [0.717, 1.165) is 0 Å². The van der Waals surface area contributed by atoms with E-state index in [1.165, 1.54) is 0 Å². The van der Waals surface area contributed by atoms with Crippen LogP contribution in [0.3, 0.4) is 0 Å². The molecule has 0 amide bonds. The van der Waals surface area contributed by atoms with E-state index >= 15 is 0 Å². The van der Waals surface area contributed by atoms with Crippen LogP contribution in [0.2, 0.25) is 0 Å². The van der Waals surface area contributed by atoms with Crippen molar-refractivity contribution in [3.05, 3.63) is 36.3 Å². The van der Waals surface area contributed by atoms with Crippen molar-refractivity contribution in [2.45, 2.75) is 0 Å². The fraction of sp³-hybridized carbons (Fsp3) is 0. The SMILES string of the molecule is N/N=c1\c(=O)[nH]c(=O)c1=O. The third-order valence-electron chi connectivity index (χ3n) is 0.993. The van der Waals surface area contributed by atoms with Gasteiger partial charge in [-0.3, -0.25) is 19.4 Å². The van der Waals surface area contributed by atoms with Crippen LogP contribution < -0.4 is 27.7 Å². The molecule has 3 N–H and O–H groups in total. The second-order valence-electron chi connectivity index (χ2n) is 1.59. The Morgan fingerprint density at radius 3 is 2.00 bits per heavy atom. The van der Waals surface area contributed by atoms with Crippen LogP contribution in [0.1, 0.15) is 0 Å². The minimum absolute atomic E-state index is 0.537. The van der Waals surface area contributed by atoms with Gasteiger partial charge in [-0.05, 0) is 0 Å². The summed E-state index contributed by atoms with van der Waals surface area (Å²) in [5, 5.41) is 2.30. The van der Waals surface area contributed by atoms with Crippen LogP contribution in [0.25, 0.3) is 0 Å². The molecular formula is C4H3N3O3. The number of H-pyrrole nitrogens is 1. The lowest BCUT2D eigenvalue weighted by Crippen LogP contribution is -2.37. The van der Waals surface area contributed by atoms with Crippen LogP contribution in [0.15, 0.2) is 19.5 Å². The molecule has 1 aromatic rings. The minimum atomic E-state index is -0.979. The molecule has 52 valence electrons. The molecule has 0 bridgehead atoms. The number of rotatable bonds is 0.